The second kappa shape index (κ2) is 12.7. The van der Waals surface area contributed by atoms with Crippen LogP contribution in [0.15, 0.2) is 109 Å². The monoisotopic (exact) mass is 751 g/mol. The van der Waals surface area contributed by atoms with Crippen LogP contribution in [-0.2, 0) is 32.9 Å². The largest absolute Gasteiger partial charge is 0.305 e. The maximum Gasteiger partial charge on any atom is 0.0324 e. The van der Waals surface area contributed by atoms with E-state index in [0.717, 1.165) is 35.4 Å². The predicted molar refractivity (Wildman–Crippen MR) is 179 cm³/mol. The molecule has 1 aliphatic carbocycles. The third kappa shape index (κ3) is 5.84. The molecule has 8 rings (SSSR count). The number of pyridine rings is 2. The molecule has 3 aromatic heterocycles. The van der Waals surface area contributed by atoms with Gasteiger partial charge in [0.1, 0.15) is 0 Å². The Morgan fingerprint density at radius 2 is 1.67 bits per heavy atom. The average Bonchev–Trinajstić information content (AvgIpc) is 3.41. The smallest absolute Gasteiger partial charge is 0.0324 e. The van der Waals surface area contributed by atoms with Gasteiger partial charge in [-0.3, -0.25) is 0 Å². The van der Waals surface area contributed by atoms with Crippen LogP contribution in [0.4, 0.5) is 0 Å². The van der Waals surface area contributed by atoms with Gasteiger partial charge in [0.15, 0.2) is 0 Å². The average molecular weight is 751 g/mol. The number of hydrogen-bond donors (Lipinski definition) is 0. The first kappa shape index (κ1) is 29.1. The van der Waals surface area contributed by atoms with Crippen LogP contribution in [0.25, 0.3) is 59.5 Å². The summed E-state index contributed by atoms with van der Waals surface area (Å²) < 4.78 is 2.68. The van der Waals surface area contributed by atoms with Crippen molar-refractivity contribution in [1.29, 1.82) is 0 Å². The van der Waals surface area contributed by atoms with Crippen molar-refractivity contribution in [2.45, 2.75) is 26.7 Å². The molecular weight excluding hydrogens is 721 g/mol. The summed E-state index contributed by atoms with van der Waals surface area (Å²) >= 11 is 1.89. The van der Waals surface area contributed by atoms with Crippen LogP contribution in [-0.4, -0.2) is 9.97 Å². The molecule has 0 aliphatic heterocycles. The van der Waals surface area contributed by atoms with E-state index in [-0.39, 0.29) is 20.1 Å². The summed E-state index contributed by atoms with van der Waals surface area (Å²) in [6.07, 6.45) is 10.4. The Hall–Kier alpha value is -3.95. The molecule has 0 bridgehead atoms. The van der Waals surface area contributed by atoms with Gasteiger partial charge in [0.2, 0.25) is 0 Å². The van der Waals surface area contributed by atoms with E-state index in [9.17, 15) is 0 Å². The van der Waals surface area contributed by atoms with Crippen LogP contribution in [0, 0.1) is 18.1 Å². The summed E-state index contributed by atoms with van der Waals surface area (Å²) in [5.74, 6) is 0.627. The Labute approximate surface area is 270 Å². The topological polar surface area (TPSA) is 25.8 Å². The van der Waals surface area contributed by atoms with E-state index in [1.54, 1.807) is 6.20 Å². The maximum absolute atomic E-state index is 4.74. The van der Waals surface area contributed by atoms with Gasteiger partial charge in [-0.05, 0) is 74.3 Å². The first-order valence-corrected chi connectivity index (χ1v) is 15.3. The molecule has 43 heavy (non-hydrogen) atoms. The van der Waals surface area contributed by atoms with Crippen LogP contribution < -0.4 is 0 Å². The predicted octanol–water partition coefficient (Wildman–Crippen LogP) is 10.4. The maximum atomic E-state index is 4.74. The van der Waals surface area contributed by atoms with E-state index in [4.69, 9.17) is 4.98 Å². The van der Waals surface area contributed by atoms with Crippen LogP contribution in [0.2, 0.25) is 0 Å². The number of aromatic nitrogens is 2. The van der Waals surface area contributed by atoms with E-state index in [1.807, 2.05) is 60.0 Å². The SMILES string of the molecule is CC(C)Cc1ccnc(-c2[c-]ccc3sc4c5cccc6c5c(cc4c23)C=CC6)c1.[Ir].[c-]1ccccc1-c1ccccn1. The second-order valence-electron chi connectivity index (χ2n) is 11.1. The van der Waals surface area contributed by atoms with Crippen molar-refractivity contribution < 1.29 is 20.1 Å². The molecule has 1 radical (unpaired) electrons. The summed E-state index contributed by atoms with van der Waals surface area (Å²) in [4.78, 5) is 8.96. The van der Waals surface area contributed by atoms with Crippen LogP contribution >= 0.6 is 11.3 Å². The molecule has 1 aliphatic rings. The summed E-state index contributed by atoms with van der Waals surface area (Å²) in [7, 11) is 0. The molecule has 0 unspecified atom stereocenters. The zero-order chi connectivity index (χ0) is 28.5. The number of rotatable bonds is 4. The fraction of sp³-hybridized carbons (Fsp3) is 0.128. The van der Waals surface area contributed by atoms with Gasteiger partial charge in [-0.25, -0.2) is 0 Å². The molecule has 3 heterocycles. The van der Waals surface area contributed by atoms with Gasteiger partial charge in [-0.1, -0.05) is 79.4 Å². The zero-order valence-electron chi connectivity index (χ0n) is 24.1. The number of fused-ring (bicyclic) bond motifs is 4. The van der Waals surface area contributed by atoms with Gasteiger partial charge >= 0.3 is 0 Å². The van der Waals surface area contributed by atoms with Crippen molar-refractivity contribution in [3.8, 4) is 22.5 Å². The molecule has 0 spiro atoms. The first-order valence-electron chi connectivity index (χ1n) is 14.5. The molecule has 213 valence electrons. The molecular formula is C39H30IrN2S-2. The molecule has 0 saturated heterocycles. The third-order valence-corrected chi connectivity index (χ3v) is 8.88. The van der Waals surface area contributed by atoms with Gasteiger partial charge in [-0.2, -0.15) is 11.3 Å². The summed E-state index contributed by atoms with van der Waals surface area (Å²) in [6, 6.07) is 38.1. The minimum Gasteiger partial charge on any atom is -0.305 e. The summed E-state index contributed by atoms with van der Waals surface area (Å²) in [6.45, 7) is 4.52. The molecule has 0 amide bonds. The molecule has 0 fully saturated rings. The Morgan fingerprint density at radius 1 is 0.791 bits per heavy atom. The molecule has 0 N–H and O–H groups in total. The standard InChI is InChI=1S/C28H22NS.C11H8N.Ir/c1-17(2)14-18-12-13-29-24(15-18)21-9-5-11-25-27(21)23-16-20-8-3-6-19-7-4-10-22(26(19)20)28(23)30-25;1-2-6-10(7-3-1)11-8-4-5-9-12-11;/h3-5,7-8,10-13,15-17H,6,14H2,1-2H3;1-6,8-9H;/q2*-1;. The molecule has 0 saturated carbocycles. The van der Waals surface area contributed by atoms with Crippen molar-refractivity contribution in [3.05, 3.63) is 138 Å². The fourth-order valence-electron chi connectivity index (χ4n) is 5.91. The second-order valence-corrected chi connectivity index (χ2v) is 12.2. The minimum atomic E-state index is 0. The fourth-order valence-corrected chi connectivity index (χ4v) is 7.13. The molecule has 7 aromatic rings. The normalized spacial score (nSPS) is 11.9. The van der Waals surface area contributed by atoms with E-state index >= 15 is 0 Å². The minimum absolute atomic E-state index is 0. The van der Waals surface area contributed by atoms with Crippen LogP contribution in [0.3, 0.4) is 0 Å². The number of benzene rings is 4. The number of nitrogens with zero attached hydrogens (tertiary/aromatic N) is 2. The van der Waals surface area contributed by atoms with Crippen molar-refractivity contribution in [2.24, 2.45) is 5.92 Å². The zero-order valence-corrected chi connectivity index (χ0v) is 27.3. The van der Waals surface area contributed by atoms with Crippen molar-refractivity contribution in [2.75, 3.05) is 0 Å². The molecule has 4 aromatic carbocycles. The van der Waals surface area contributed by atoms with Gasteiger partial charge < -0.3 is 9.97 Å². The molecule has 0 atom stereocenters. The van der Waals surface area contributed by atoms with Gasteiger partial charge in [0.05, 0.1) is 0 Å². The summed E-state index contributed by atoms with van der Waals surface area (Å²) in [5, 5.41) is 5.40. The third-order valence-electron chi connectivity index (χ3n) is 7.68. The number of allylic oxidation sites excluding steroid dienone is 1. The van der Waals surface area contributed by atoms with Gasteiger partial charge in [0, 0.05) is 37.2 Å². The number of hydrogen-bond acceptors (Lipinski definition) is 3. The molecule has 4 heteroatoms. The van der Waals surface area contributed by atoms with Gasteiger partial charge in [0.25, 0.3) is 0 Å². The van der Waals surface area contributed by atoms with Crippen molar-refractivity contribution in [1.82, 2.24) is 9.97 Å². The van der Waals surface area contributed by atoms with Crippen molar-refractivity contribution >= 4 is 48.4 Å². The van der Waals surface area contributed by atoms with E-state index in [1.165, 1.54) is 47.6 Å². The quantitative estimate of drug-likeness (QED) is 0.168. The van der Waals surface area contributed by atoms with Crippen molar-refractivity contribution in [3.63, 3.8) is 0 Å². The van der Waals surface area contributed by atoms with Crippen LogP contribution in [0.1, 0.15) is 30.5 Å². The van der Waals surface area contributed by atoms with Crippen LogP contribution in [0.5, 0.6) is 0 Å². The van der Waals surface area contributed by atoms with E-state index in [2.05, 4.69) is 91.6 Å². The first-order chi connectivity index (χ1) is 20.7. The Bertz CT molecular complexity index is 2020. The van der Waals surface area contributed by atoms with Gasteiger partial charge in [-0.15, -0.1) is 59.7 Å². The van der Waals surface area contributed by atoms with E-state index in [0.29, 0.717) is 5.92 Å². The Balaban J connectivity index is 0.000000213. The summed E-state index contributed by atoms with van der Waals surface area (Å²) in [5.41, 5.74) is 8.25. The number of thiophene rings is 1. The Morgan fingerprint density at radius 3 is 2.49 bits per heavy atom. The van der Waals surface area contributed by atoms with E-state index < -0.39 is 0 Å². The molecule has 2 nitrogen and oxygen atoms in total. The Kier molecular flexibility index (Phi) is 8.63.